The molecule has 39 heavy (non-hydrogen) atoms. The van der Waals surface area contributed by atoms with Gasteiger partial charge in [-0.15, -0.1) is 11.3 Å². The van der Waals surface area contributed by atoms with Gasteiger partial charge in [-0.3, -0.25) is 14.2 Å². The van der Waals surface area contributed by atoms with E-state index < -0.39 is 5.97 Å². The lowest BCUT2D eigenvalue weighted by Gasteiger charge is -2.13. The van der Waals surface area contributed by atoms with E-state index in [9.17, 15) is 14.4 Å². The molecule has 0 spiro atoms. The van der Waals surface area contributed by atoms with Crippen molar-refractivity contribution in [2.45, 2.75) is 19.0 Å². The summed E-state index contributed by atoms with van der Waals surface area (Å²) < 4.78 is 6.66. The second-order valence-electron chi connectivity index (χ2n) is 8.55. The Labute approximate surface area is 233 Å². The van der Waals surface area contributed by atoms with Gasteiger partial charge >= 0.3 is 5.97 Å². The van der Waals surface area contributed by atoms with Crippen LogP contribution in [0.4, 0.5) is 5.69 Å². The highest BCUT2D eigenvalue weighted by Gasteiger charge is 2.22. The molecule has 1 N–H and O–H groups in total. The molecule has 0 unspecified atom stereocenters. The topological polar surface area (TPSA) is 90.3 Å². The quantitative estimate of drug-likeness (QED) is 0.137. The first-order valence-corrected chi connectivity index (χ1v) is 14.1. The van der Waals surface area contributed by atoms with Gasteiger partial charge in [0.1, 0.15) is 4.83 Å². The zero-order chi connectivity index (χ0) is 27.4. The number of amides is 1. The molecular weight excluding hydrogens is 530 g/mol. The molecule has 9 heteroatoms. The summed E-state index contributed by atoms with van der Waals surface area (Å²) in [5, 5.41) is 3.76. The highest BCUT2D eigenvalue weighted by atomic mass is 32.2. The maximum absolute atomic E-state index is 14.0. The molecule has 0 aliphatic carbocycles. The van der Waals surface area contributed by atoms with Crippen molar-refractivity contribution >= 4 is 50.9 Å². The summed E-state index contributed by atoms with van der Waals surface area (Å²) in [6, 6.07) is 25.8. The molecule has 5 aromatic rings. The molecule has 0 aliphatic heterocycles. The van der Waals surface area contributed by atoms with Gasteiger partial charge in [0.15, 0.2) is 5.16 Å². The molecule has 7 nitrogen and oxygen atoms in total. The first kappa shape index (κ1) is 26.4. The Morgan fingerprint density at radius 1 is 0.974 bits per heavy atom. The molecule has 1 amide bonds. The van der Waals surface area contributed by atoms with Crippen molar-refractivity contribution in [3.63, 3.8) is 0 Å². The molecule has 5 rings (SSSR count). The fraction of sp³-hybridized carbons (Fsp3) is 0.133. The number of carbonyl (C=O) groups excluding carboxylic acids is 2. The van der Waals surface area contributed by atoms with Crippen molar-refractivity contribution in [1.82, 2.24) is 9.55 Å². The van der Waals surface area contributed by atoms with Gasteiger partial charge in [0, 0.05) is 10.4 Å². The first-order chi connectivity index (χ1) is 19.0. The van der Waals surface area contributed by atoms with Gasteiger partial charge in [0.05, 0.1) is 34.7 Å². The summed E-state index contributed by atoms with van der Waals surface area (Å²) in [6.45, 7) is 3.95. The summed E-state index contributed by atoms with van der Waals surface area (Å²) in [7, 11) is 0. The molecule has 3 aromatic carbocycles. The molecule has 0 aliphatic rings. The van der Waals surface area contributed by atoms with E-state index in [-0.39, 0.29) is 29.4 Å². The monoisotopic (exact) mass is 555 g/mol. The number of hydrogen-bond acceptors (Lipinski definition) is 7. The van der Waals surface area contributed by atoms with Crippen LogP contribution in [0.2, 0.25) is 0 Å². The second kappa shape index (κ2) is 11.7. The van der Waals surface area contributed by atoms with Crippen LogP contribution in [0.15, 0.2) is 94.9 Å². The van der Waals surface area contributed by atoms with Crippen molar-refractivity contribution < 1.29 is 14.3 Å². The third kappa shape index (κ3) is 5.50. The molecule has 0 saturated carbocycles. The predicted molar refractivity (Wildman–Crippen MR) is 157 cm³/mol. The number of thioether (sulfide) groups is 1. The van der Waals surface area contributed by atoms with Crippen LogP contribution < -0.4 is 10.9 Å². The molecule has 0 bridgehead atoms. The van der Waals surface area contributed by atoms with Gasteiger partial charge < -0.3 is 10.1 Å². The molecular formula is C30H25N3O4S2. The zero-order valence-corrected chi connectivity index (χ0v) is 23.0. The number of nitrogens with one attached hydrogen (secondary N) is 1. The number of fused-ring (bicyclic) bond motifs is 1. The standard InChI is InChI=1S/C30H25N3O4S2/c1-3-37-29(36)22-16-10-11-17-23(22)31-24(34)18-38-30-32-27-26(28(35)33(30)21-14-8-5-9-15-21)25(19(2)39-27)20-12-6-4-7-13-20/h4-17H,3,18H2,1-2H3,(H,31,34). The van der Waals surface area contributed by atoms with Gasteiger partial charge in [0.25, 0.3) is 5.56 Å². The van der Waals surface area contributed by atoms with Crippen molar-refractivity contribution in [2.75, 3.05) is 17.7 Å². The maximum atomic E-state index is 14.0. The van der Waals surface area contributed by atoms with Crippen LogP contribution >= 0.6 is 23.1 Å². The minimum atomic E-state index is -0.506. The summed E-state index contributed by atoms with van der Waals surface area (Å²) in [5.41, 5.74) is 2.95. The summed E-state index contributed by atoms with van der Waals surface area (Å²) in [4.78, 5) is 45.8. The lowest BCUT2D eigenvalue weighted by molar-refractivity contribution is -0.113. The van der Waals surface area contributed by atoms with E-state index in [1.54, 1.807) is 35.8 Å². The lowest BCUT2D eigenvalue weighted by atomic mass is 10.0. The van der Waals surface area contributed by atoms with Crippen LogP contribution in [0.5, 0.6) is 0 Å². The maximum Gasteiger partial charge on any atom is 0.340 e. The normalized spacial score (nSPS) is 10.9. The zero-order valence-electron chi connectivity index (χ0n) is 21.3. The van der Waals surface area contributed by atoms with E-state index in [0.717, 1.165) is 27.8 Å². The number of aromatic nitrogens is 2. The fourth-order valence-electron chi connectivity index (χ4n) is 4.29. The van der Waals surface area contributed by atoms with Gasteiger partial charge in [-0.05, 0) is 43.7 Å². The van der Waals surface area contributed by atoms with Crippen LogP contribution in [-0.2, 0) is 9.53 Å². The average Bonchev–Trinajstić information content (AvgIpc) is 3.29. The minimum Gasteiger partial charge on any atom is -0.462 e. The number of rotatable bonds is 8. The Morgan fingerprint density at radius 2 is 1.64 bits per heavy atom. The Morgan fingerprint density at radius 3 is 2.36 bits per heavy atom. The van der Waals surface area contributed by atoms with Crippen LogP contribution in [0, 0.1) is 6.92 Å². The van der Waals surface area contributed by atoms with Gasteiger partial charge in [0.2, 0.25) is 5.91 Å². The number of benzene rings is 3. The summed E-state index contributed by atoms with van der Waals surface area (Å²) >= 11 is 2.63. The number of esters is 1. The van der Waals surface area contributed by atoms with Gasteiger partial charge in [-0.25, -0.2) is 9.78 Å². The van der Waals surface area contributed by atoms with Gasteiger partial charge in [-0.2, -0.15) is 0 Å². The van der Waals surface area contributed by atoms with E-state index in [4.69, 9.17) is 9.72 Å². The number of para-hydroxylation sites is 2. The van der Waals surface area contributed by atoms with Gasteiger partial charge in [-0.1, -0.05) is 72.4 Å². The lowest BCUT2D eigenvalue weighted by Crippen LogP contribution is -2.23. The van der Waals surface area contributed by atoms with Crippen molar-refractivity contribution in [3.05, 3.63) is 106 Å². The average molecular weight is 556 g/mol. The fourth-order valence-corrected chi connectivity index (χ4v) is 6.19. The van der Waals surface area contributed by atoms with Crippen molar-refractivity contribution in [3.8, 4) is 16.8 Å². The van der Waals surface area contributed by atoms with Crippen LogP contribution in [0.25, 0.3) is 27.0 Å². The van der Waals surface area contributed by atoms with Crippen LogP contribution in [-0.4, -0.2) is 33.8 Å². The Hall–Kier alpha value is -4.21. The largest absolute Gasteiger partial charge is 0.462 e. The van der Waals surface area contributed by atoms with Crippen LogP contribution in [0.1, 0.15) is 22.2 Å². The van der Waals surface area contributed by atoms with Crippen molar-refractivity contribution in [1.29, 1.82) is 0 Å². The summed E-state index contributed by atoms with van der Waals surface area (Å²) in [6.07, 6.45) is 0. The second-order valence-corrected chi connectivity index (χ2v) is 10.7. The molecule has 0 saturated heterocycles. The SMILES string of the molecule is CCOC(=O)c1ccccc1NC(=O)CSc1nc2sc(C)c(-c3ccccc3)c2c(=O)n1-c1ccccc1. The third-order valence-electron chi connectivity index (χ3n) is 5.98. The Bertz CT molecular complexity index is 1710. The van der Waals surface area contributed by atoms with E-state index in [2.05, 4.69) is 5.32 Å². The number of hydrogen-bond donors (Lipinski definition) is 1. The van der Waals surface area contributed by atoms with Crippen molar-refractivity contribution in [2.24, 2.45) is 0 Å². The Balaban J connectivity index is 1.51. The molecule has 196 valence electrons. The molecule has 0 radical (unpaired) electrons. The molecule has 0 atom stereocenters. The number of nitrogens with zero attached hydrogens (tertiary/aromatic N) is 2. The Kier molecular flexibility index (Phi) is 7.90. The number of aryl methyl sites for hydroxylation is 1. The number of thiophene rings is 1. The summed E-state index contributed by atoms with van der Waals surface area (Å²) in [5.74, 6) is -0.857. The number of anilines is 1. The van der Waals surface area contributed by atoms with E-state index in [0.29, 0.717) is 26.7 Å². The van der Waals surface area contributed by atoms with E-state index in [1.807, 2.05) is 67.6 Å². The highest BCUT2D eigenvalue weighted by Crippen LogP contribution is 2.37. The third-order valence-corrected chi connectivity index (χ3v) is 7.91. The number of ether oxygens (including phenoxy) is 1. The number of carbonyl (C=O) groups is 2. The van der Waals surface area contributed by atoms with Crippen LogP contribution in [0.3, 0.4) is 0 Å². The highest BCUT2D eigenvalue weighted by molar-refractivity contribution is 7.99. The first-order valence-electron chi connectivity index (χ1n) is 12.3. The molecule has 0 fully saturated rings. The van der Waals surface area contributed by atoms with E-state index in [1.165, 1.54) is 11.3 Å². The van der Waals surface area contributed by atoms with E-state index >= 15 is 0 Å². The molecule has 2 heterocycles. The minimum absolute atomic E-state index is 0.0160. The molecule has 2 aromatic heterocycles. The smallest absolute Gasteiger partial charge is 0.340 e. The predicted octanol–water partition coefficient (Wildman–Crippen LogP) is 6.33.